The number of aryl methyl sites for hydroxylation is 1. The number of hydrogen-bond donors (Lipinski definition) is 2. The lowest BCUT2D eigenvalue weighted by Crippen LogP contribution is -2.29. The Bertz CT molecular complexity index is 586. The predicted octanol–water partition coefficient (Wildman–Crippen LogP) is 2.41. The lowest BCUT2D eigenvalue weighted by molar-refractivity contribution is -0.119. The molecule has 1 amide bonds. The number of carbonyl (C=O) groups excluding carboxylic acids is 1. The van der Waals surface area contributed by atoms with Gasteiger partial charge in [0.1, 0.15) is 6.04 Å². The molecule has 0 aliphatic carbocycles. The molecule has 5 nitrogen and oxygen atoms in total. The van der Waals surface area contributed by atoms with Crippen LogP contribution in [0.3, 0.4) is 0 Å². The van der Waals surface area contributed by atoms with Crippen LogP contribution in [0.5, 0.6) is 0 Å². The highest BCUT2D eigenvalue weighted by Gasteiger charge is 2.22. The highest BCUT2D eigenvalue weighted by atomic mass is 16.1. The monoisotopic (exact) mass is 272 g/mol. The maximum Gasteiger partial charge on any atom is 0.246 e. The van der Waals surface area contributed by atoms with Gasteiger partial charge in [-0.25, -0.2) is 4.98 Å². The van der Waals surface area contributed by atoms with Gasteiger partial charge in [-0.05, 0) is 32.9 Å². The van der Waals surface area contributed by atoms with Gasteiger partial charge in [-0.1, -0.05) is 17.7 Å². The standard InChI is InChI=1S/C15H20N4O/c1-10(2)19-9-17-8-13(19)14(15(16)20)18-12-6-4-11(3)5-7-12/h4-10,14,18H,1-3H3,(H2,16,20). The number of primary amides is 1. The molecular weight excluding hydrogens is 252 g/mol. The zero-order valence-corrected chi connectivity index (χ0v) is 12.0. The van der Waals surface area contributed by atoms with Crippen molar-refractivity contribution in [2.75, 3.05) is 5.32 Å². The number of nitrogens with two attached hydrogens (primary N) is 1. The minimum Gasteiger partial charge on any atom is -0.369 e. The summed E-state index contributed by atoms with van der Waals surface area (Å²) in [4.78, 5) is 15.9. The fraction of sp³-hybridized carbons (Fsp3) is 0.333. The molecule has 1 aromatic heterocycles. The second-order valence-electron chi connectivity index (χ2n) is 5.17. The molecule has 1 aromatic carbocycles. The maximum atomic E-state index is 11.8. The van der Waals surface area contributed by atoms with E-state index in [2.05, 4.69) is 10.3 Å². The Balaban J connectivity index is 2.29. The predicted molar refractivity (Wildman–Crippen MR) is 79.3 cm³/mol. The molecule has 3 N–H and O–H groups in total. The normalized spacial score (nSPS) is 12.4. The van der Waals surface area contributed by atoms with Crippen LogP contribution in [0.25, 0.3) is 0 Å². The fourth-order valence-electron chi connectivity index (χ4n) is 2.08. The van der Waals surface area contributed by atoms with Crippen LogP contribution < -0.4 is 11.1 Å². The number of carbonyl (C=O) groups is 1. The Hall–Kier alpha value is -2.30. The number of benzene rings is 1. The molecule has 0 saturated carbocycles. The lowest BCUT2D eigenvalue weighted by atomic mass is 10.1. The Morgan fingerprint density at radius 3 is 2.50 bits per heavy atom. The van der Waals surface area contributed by atoms with Gasteiger partial charge in [-0.15, -0.1) is 0 Å². The SMILES string of the molecule is Cc1ccc(NC(C(N)=O)c2cncn2C(C)C)cc1. The summed E-state index contributed by atoms with van der Waals surface area (Å²) in [6.45, 7) is 6.09. The molecule has 0 bridgehead atoms. The van der Waals surface area contributed by atoms with Crippen LogP contribution in [0.15, 0.2) is 36.8 Å². The summed E-state index contributed by atoms with van der Waals surface area (Å²) in [7, 11) is 0. The molecule has 0 aliphatic rings. The van der Waals surface area contributed by atoms with Crippen molar-refractivity contribution in [2.45, 2.75) is 32.9 Å². The third kappa shape index (κ3) is 2.99. The minimum absolute atomic E-state index is 0.217. The third-order valence-corrected chi connectivity index (χ3v) is 3.20. The van der Waals surface area contributed by atoms with E-state index in [0.29, 0.717) is 0 Å². The summed E-state index contributed by atoms with van der Waals surface area (Å²) in [6, 6.07) is 7.46. The zero-order chi connectivity index (χ0) is 14.7. The van der Waals surface area contributed by atoms with Crippen molar-refractivity contribution in [3.63, 3.8) is 0 Å². The van der Waals surface area contributed by atoms with Crippen LogP contribution in [0.2, 0.25) is 0 Å². The van der Waals surface area contributed by atoms with Crippen molar-refractivity contribution in [3.8, 4) is 0 Å². The molecule has 106 valence electrons. The minimum atomic E-state index is -0.595. The number of nitrogens with one attached hydrogen (secondary N) is 1. The molecule has 2 aromatic rings. The first-order valence-electron chi connectivity index (χ1n) is 6.63. The second-order valence-corrected chi connectivity index (χ2v) is 5.17. The van der Waals surface area contributed by atoms with Crippen LogP contribution in [0.4, 0.5) is 5.69 Å². The fourth-order valence-corrected chi connectivity index (χ4v) is 2.08. The van der Waals surface area contributed by atoms with E-state index in [1.54, 1.807) is 12.5 Å². The average Bonchev–Trinajstić information content (AvgIpc) is 2.86. The molecule has 0 radical (unpaired) electrons. The van der Waals surface area contributed by atoms with Crippen molar-refractivity contribution in [2.24, 2.45) is 5.73 Å². The topological polar surface area (TPSA) is 72.9 Å². The van der Waals surface area contributed by atoms with Gasteiger partial charge in [-0.2, -0.15) is 0 Å². The smallest absolute Gasteiger partial charge is 0.246 e. The first kappa shape index (κ1) is 14.1. The highest BCUT2D eigenvalue weighted by Crippen LogP contribution is 2.22. The Morgan fingerprint density at radius 1 is 1.30 bits per heavy atom. The molecule has 2 rings (SSSR count). The summed E-state index contributed by atoms with van der Waals surface area (Å²) in [5.74, 6) is -0.423. The van der Waals surface area contributed by atoms with Gasteiger partial charge in [0.05, 0.1) is 18.2 Å². The summed E-state index contributed by atoms with van der Waals surface area (Å²) < 4.78 is 1.94. The molecule has 0 aliphatic heterocycles. The molecule has 20 heavy (non-hydrogen) atoms. The summed E-state index contributed by atoms with van der Waals surface area (Å²) in [5.41, 5.74) is 8.33. The average molecular weight is 272 g/mol. The molecular formula is C15H20N4O. The Kier molecular flexibility index (Phi) is 4.08. The van der Waals surface area contributed by atoms with E-state index in [1.165, 1.54) is 5.56 Å². The zero-order valence-electron chi connectivity index (χ0n) is 12.0. The Labute approximate surface area is 118 Å². The van der Waals surface area contributed by atoms with Gasteiger partial charge >= 0.3 is 0 Å². The number of hydrogen-bond acceptors (Lipinski definition) is 3. The van der Waals surface area contributed by atoms with Crippen molar-refractivity contribution < 1.29 is 4.79 Å². The van der Waals surface area contributed by atoms with E-state index in [1.807, 2.05) is 49.6 Å². The highest BCUT2D eigenvalue weighted by molar-refractivity contribution is 5.84. The number of amides is 1. The van der Waals surface area contributed by atoms with Gasteiger partial charge in [0, 0.05) is 11.7 Å². The molecule has 1 unspecified atom stereocenters. The number of anilines is 1. The number of aromatic nitrogens is 2. The maximum absolute atomic E-state index is 11.8. The van der Waals surface area contributed by atoms with Crippen LogP contribution >= 0.6 is 0 Å². The van der Waals surface area contributed by atoms with E-state index in [0.717, 1.165) is 11.4 Å². The van der Waals surface area contributed by atoms with Crippen LogP contribution in [-0.4, -0.2) is 15.5 Å². The van der Waals surface area contributed by atoms with E-state index < -0.39 is 11.9 Å². The van der Waals surface area contributed by atoms with Gasteiger partial charge in [0.15, 0.2) is 0 Å². The molecule has 1 heterocycles. The molecule has 5 heteroatoms. The van der Waals surface area contributed by atoms with Crippen molar-refractivity contribution in [1.82, 2.24) is 9.55 Å². The van der Waals surface area contributed by atoms with Crippen molar-refractivity contribution in [1.29, 1.82) is 0 Å². The van der Waals surface area contributed by atoms with Crippen LogP contribution in [0, 0.1) is 6.92 Å². The largest absolute Gasteiger partial charge is 0.369 e. The first-order chi connectivity index (χ1) is 9.49. The second kappa shape index (κ2) is 5.77. The third-order valence-electron chi connectivity index (χ3n) is 3.20. The van der Waals surface area contributed by atoms with Crippen LogP contribution in [0.1, 0.15) is 37.2 Å². The quantitative estimate of drug-likeness (QED) is 0.878. The summed E-state index contributed by atoms with van der Waals surface area (Å²) in [6.07, 6.45) is 3.39. The van der Waals surface area contributed by atoms with Crippen molar-refractivity contribution >= 4 is 11.6 Å². The van der Waals surface area contributed by atoms with Crippen molar-refractivity contribution in [3.05, 3.63) is 48.0 Å². The molecule has 1 atom stereocenters. The molecule has 0 fully saturated rings. The molecule has 0 saturated heterocycles. The van der Waals surface area contributed by atoms with Gasteiger partial charge < -0.3 is 15.6 Å². The van der Waals surface area contributed by atoms with Crippen LogP contribution in [-0.2, 0) is 4.79 Å². The Morgan fingerprint density at radius 2 is 1.95 bits per heavy atom. The van der Waals surface area contributed by atoms with E-state index in [-0.39, 0.29) is 6.04 Å². The first-order valence-corrected chi connectivity index (χ1v) is 6.63. The van der Waals surface area contributed by atoms with E-state index in [9.17, 15) is 4.79 Å². The van der Waals surface area contributed by atoms with E-state index >= 15 is 0 Å². The van der Waals surface area contributed by atoms with E-state index in [4.69, 9.17) is 5.73 Å². The van der Waals surface area contributed by atoms with Gasteiger partial charge in [0.25, 0.3) is 0 Å². The number of imidazole rings is 1. The number of nitrogens with zero attached hydrogens (tertiary/aromatic N) is 2. The summed E-state index contributed by atoms with van der Waals surface area (Å²) >= 11 is 0. The molecule has 0 spiro atoms. The number of rotatable bonds is 5. The van der Waals surface area contributed by atoms with Gasteiger partial charge in [-0.3, -0.25) is 4.79 Å². The summed E-state index contributed by atoms with van der Waals surface area (Å²) in [5, 5.41) is 3.17. The lowest BCUT2D eigenvalue weighted by Gasteiger charge is -2.20. The van der Waals surface area contributed by atoms with Gasteiger partial charge in [0.2, 0.25) is 5.91 Å².